The Morgan fingerprint density at radius 2 is 2.00 bits per heavy atom. The summed E-state index contributed by atoms with van der Waals surface area (Å²) in [5, 5.41) is 3.53. The van der Waals surface area contributed by atoms with Crippen molar-refractivity contribution in [3.05, 3.63) is 48.0 Å². The summed E-state index contributed by atoms with van der Waals surface area (Å²) in [6.45, 7) is 0. The van der Waals surface area contributed by atoms with Crippen LogP contribution in [0.5, 0.6) is 0 Å². The average Bonchev–Trinajstić information content (AvgIpc) is 2.97. The zero-order valence-corrected chi connectivity index (χ0v) is 14.8. The standard InChI is InChI=1S/C17H17N3OS2/c1-20(2)12-7-4-6-11(10-12)16(21)19-17-18-15-13(22-3)8-5-9-14(15)23-17/h4-10H,1-3H3,(H,18,19,21). The first-order valence-electron chi connectivity index (χ1n) is 7.11. The number of thiazole rings is 1. The molecule has 118 valence electrons. The van der Waals surface area contributed by atoms with Gasteiger partial charge in [-0.15, -0.1) is 11.8 Å². The van der Waals surface area contributed by atoms with Gasteiger partial charge in [-0.25, -0.2) is 4.98 Å². The lowest BCUT2D eigenvalue weighted by molar-refractivity contribution is 0.102. The van der Waals surface area contributed by atoms with Crippen molar-refractivity contribution in [2.45, 2.75) is 4.90 Å². The van der Waals surface area contributed by atoms with E-state index in [1.807, 2.05) is 67.7 Å². The molecule has 3 aromatic rings. The fourth-order valence-electron chi connectivity index (χ4n) is 2.24. The molecule has 0 unspecified atom stereocenters. The van der Waals surface area contributed by atoms with Crippen molar-refractivity contribution >= 4 is 50.0 Å². The van der Waals surface area contributed by atoms with Gasteiger partial charge < -0.3 is 4.90 Å². The van der Waals surface area contributed by atoms with E-state index in [0.29, 0.717) is 10.7 Å². The summed E-state index contributed by atoms with van der Waals surface area (Å²) in [6, 6.07) is 13.6. The first-order valence-corrected chi connectivity index (χ1v) is 9.15. The van der Waals surface area contributed by atoms with Gasteiger partial charge in [0.2, 0.25) is 0 Å². The highest BCUT2D eigenvalue weighted by atomic mass is 32.2. The lowest BCUT2D eigenvalue weighted by Crippen LogP contribution is -2.14. The minimum absolute atomic E-state index is 0.140. The number of nitrogens with zero attached hydrogens (tertiary/aromatic N) is 2. The van der Waals surface area contributed by atoms with Gasteiger partial charge in [0, 0.05) is 30.2 Å². The molecule has 23 heavy (non-hydrogen) atoms. The number of hydrogen-bond donors (Lipinski definition) is 1. The van der Waals surface area contributed by atoms with Crippen molar-refractivity contribution in [1.29, 1.82) is 0 Å². The lowest BCUT2D eigenvalue weighted by Gasteiger charge is -2.13. The van der Waals surface area contributed by atoms with E-state index in [0.717, 1.165) is 20.8 Å². The van der Waals surface area contributed by atoms with Crippen LogP contribution in [0.4, 0.5) is 10.8 Å². The van der Waals surface area contributed by atoms with Crippen molar-refractivity contribution in [2.24, 2.45) is 0 Å². The van der Waals surface area contributed by atoms with Crippen LogP contribution < -0.4 is 10.2 Å². The van der Waals surface area contributed by atoms with E-state index >= 15 is 0 Å². The number of hydrogen-bond acceptors (Lipinski definition) is 5. The first-order chi connectivity index (χ1) is 11.1. The summed E-state index contributed by atoms with van der Waals surface area (Å²) in [5.74, 6) is -0.140. The summed E-state index contributed by atoms with van der Waals surface area (Å²) in [6.07, 6.45) is 2.03. The van der Waals surface area contributed by atoms with Crippen LogP contribution in [-0.4, -0.2) is 31.2 Å². The van der Waals surface area contributed by atoms with E-state index < -0.39 is 0 Å². The van der Waals surface area contributed by atoms with Crippen molar-refractivity contribution in [3.63, 3.8) is 0 Å². The van der Waals surface area contributed by atoms with Crippen LogP contribution in [0.2, 0.25) is 0 Å². The van der Waals surface area contributed by atoms with Crippen LogP contribution in [0.3, 0.4) is 0 Å². The van der Waals surface area contributed by atoms with E-state index in [9.17, 15) is 4.79 Å². The van der Waals surface area contributed by atoms with Crippen LogP contribution in [0.25, 0.3) is 10.2 Å². The Hall–Kier alpha value is -2.05. The third kappa shape index (κ3) is 3.33. The number of rotatable bonds is 4. The predicted octanol–water partition coefficient (Wildman–Crippen LogP) is 4.34. The Labute approximate surface area is 143 Å². The highest BCUT2D eigenvalue weighted by Crippen LogP contribution is 2.32. The first kappa shape index (κ1) is 15.8. The molecule has 0 aliphatic rings. The highest BCUT2D eigenvalue weighted by Gasteiger charge is 2.12. The maximum Gasteiger partial charge on any atom is 0.257 e. The van der Waals surface area contributed by atoms with Crippen molar-refractivity contribution < 1.29 is 4.79 Å². The number of benzene rings is 2. The second-order valence-corrected chi connectivity index (χ2v) is 7.10. The van der Waals surface area contributed by atoms with Crippen molar-refractivity contribution in [3.8, 4) is 0 Å². The van der Waals surface area contributed by atoms with E-state index in [1.54, 1.807) is 11.8 Å². The third-order valence-electron chi connectivity index (χ3n) is 3.45. The van der Waals surface area contributed by atoms with E-state index in [1.165, 1.54) is 11.3 Å². The minimum atomic E-state index is -0.140. The van der Waals surface area contributed by atoms with E-state index in [-0.39, 0.29) is 5.91 Å². The number of carbonyl (C=O) groups is 1. The average molecular weight is 343 g/mol. The smallest absolute Gasteiger partial charge is 0.257 e. The molecule has 1 aromatic heterocycles. The maximum absolute atomic E-state index is 12.5. The number of carbonyl (C=O) groups excluding carboxylic acids is 1. The zero-order chi connectivity index (χ0) is 16.4. The van der Waals surface area contributed by atoms with Crippen molar-refractivity contribution in [1.82, 2.24) is 4.98 Å². The Kier molecular flexibility index (Phi) is 4.54. The van der Waals surface area contributed by atoms with Gasteiger partial charge in [-0.2, -0.15) is 0 Å². The predicted molar refractivity (Wildman–Crippen MR) is 100 cm³/mol. The molecule has 0 radical (unpaired) electrons. The van der Waals surface area contributed by atoms with Gasteiger partial charge in [0.25, 0.3) is 5.91 Å². The monoisotopic (exact) mass is 343 g/mol. The van der Waals surface area contributed by atoms with Gasteiger partial charge in [0.15, 0.2) is 5.13 Å². The number of nitrogens with one attached hydrogen (secondary N) is 1. The second-order valence-electron chi connectivity index (χ2n) is 5.22. The van der Waals surface area contributed by atoms with Gasteiger partial charge in [0.1, 0.15) is 0 Å². The fraction of sp³-hybridized carbons (Fsp3) is 0.176. The van der Waals surface area contributed by atoms with Crippen LogP contribution in [-0.2, 0) is 0 Å². The van der Waals surface area contributed by atoms with Gasteiger partial charge in [-0.3, -0.25) is 10.1 Å². The molecule has 1 heterocycles. The molecule has 0 bridgehead atoms. The molecule has 3 rings (SSSR count). The molecule has 6 heteroatoms. The van der Waals surface area contributed by atoms with Crippen molar-refractivity contribution in [2.75, 3.05) is 30.6 Å². The molecule has 4 nitrogen and oxygen atoms in total. The Morgan fingerprint density at radius 3 is 2.74 bits per heavy atom. The number of anilines is 2. The highest BCUT2D eigenvalue weighted by molar-refractivity contribution is 7.98. The topological polar surface area (TPSA) is 45.2 Å². The third-order valence-corrected chi connectivity index (χ3v) is 5.15. The molecule has 1 N–H and O–H groups in total. The van der Waals surface area contributed by atoms with Gasteiger partial charge in [-0.05, 0) is 36.6 Å². The van der Waals surface area contributed by atoms with Crippen LogP contribution in [0.15, 0.2) is 47.4 Å². The Bertz CT molecular complexity index is 858. The van der Waals surface area contributed by atoms with Gasteiger partial charge >= 0.3 is 0 Å². The fourth-order valence-corrected chi connectivity index (χ4v) is 3.75. The molecule has 0 saturated heterocycles. The Balaban J connectivity index is 1.87. The molecular formula is C17H17N3OS2. The van der Waals surface area contributed by atoms with Gasteiger partial charge in [-0.1, -0.05) is 23.5 Å². The number of thioether (sulfide) groups is 1. The molecule has 0 aliphatic carbocycles. The molecule has 0 fully saturated rings. The zero-order valence-electron chi connectivity index (χ0n) is 13.2. The normalized spacial score (nSPS) is 10.7. The second kappa shape index (κ2) is 6.60. The van der Waals surface area contributed by atoms with Crippen LogP contribution in [0, 0.1) is 0 Å². The molecule has 2 aromatic carbocycles. The van der Waals surface area contributed by atoms with Crippen LogP contribution in [0.1, 0.15) is 10.4 Å². The summed E-state index contributed by atoms with van der Waals surface area (Å²) in [4.78, 5) is 20.1. The minimum Gasteiger partial charge on any atom is -0.378 e. The summed E-state index contributed by atoms with van der Waals surface area (Å²) in [7, 11) is 3.91. The van der Waals surface area contributed by atoms with E-state index in [4.69, 9.17) is 0 Å². The molecule has 1 amide bonds. The molecular weight excluding hydrogens is 326 g/mol. The quantitative estimate of drug-likeness (QED) is 0.716. The summed E-state index contributed by atoms with van der Waals surface area (Å²) in [5.41, 5.74) is 2.56. The molecule has 0 atom stereocenters. The SMILES string of the molecule is CSc1cccc2sc(NC(=O)c3cccc(N(C)C)c3)nc12. The lowest BCUT2D eigenvalue weighted by atomic mass is 10.2. The summed E-state index contributed by atoms with van der Waals surface area (Å²) < 4.78 is 1.08. The molecule has 0 aliphatic heterocycles. The Morgan fingerprint density at radius 1 is 1.22 bits per heavy atom. The maximum atomic E-state index is 12.5. The number of fused-ring (bicyclic) bond motifs is 1. The van der Waals surface area contributed by atoms with E-state index in [2.05, 4.69) is 10.3 Å². The number of aromatic nitrogens is 1. The number of para-hydroxylation sites is 1. The number of amides is 1. The van der Waals surface area contributed by atoms with Gasteiger partial charge in [0.05, 0.1) is 10.2 Å². The molecule has 0 spiro atoms. The van der Waals surface area contributed by atoms with Crippen LogP contribution >= 0.6 is 23.1 Å². The summed E-state index contributed by atoms with van der Waals surface area (Å²) >= 11 is 3.15. The largest absolute Gasteiger partial charge is 0.378 e. The molecule has 0 saturated carbocycles.